The van der Waals surface area contributed by atoms with Crippen LogP contribution in [0.2, 0.25) is 0 Å². The molecule has 2 rings (SSSR count). The molecule has 2 nitrogen and oxygen atoms in total. The first-order valence-corrected chi connectivity index (χ1v) is 5.49. The summed E-state index contributed by atoms with van der Waals surface area (Å²) in [6.07, 6.45) is 5.85. The molecule has 0 heterocycles. The first-order chi connectivity index (χ1) is 6.13. The fourth-order valence-corrected chi connectivity index (χ4v) is 3.17. The molecule has 2 fully saturated rings. The van der Waals surface area contributed by atoms with E-state index in [1.165, 1.54) is 6.42 Å². The molecule has 13 heavy (non-hydrogen) atoms. The smallest absolute Gasteiger partial charge is 0.0596 e. The number of rotatable bonds is 0. The van der Waals surface area contributed by atoms with Gasteiger partial charge in [0, 0.05) is 0 Å². The summed E-state index contributed by atoms with van der Waals surface area (Å²) < 4.78 is 0. The Hall–Kier alpha value is -0.0800. The first-order valence-electron chi connectivity index (χ1n) is 5.49. The normalized spacial score (nSPS) is 51.5. The molecule has 2 saturated carbocycles. The van der Waals surface area contributed by atoms with Crippen LogP contribution in [0.1, 0.15) is 45.4 Å². The maximum Gasteiger partial charge on any atom is 0.0596 e. The van der Waals surface area contributed by atoms with Crippen LogP contribution in [0.4, 0.5) is 0 Å². The second-order valence-corrected chi connectivity index (χ2v) is 5.08. The van der Waals surface area contributed by atoms with Crippen molar-refractivity contribution in [3.8, 4) is 0 Å². The van der Waals surface area contributed by atoms with Gasteiger partial charge in [-0.15, -0.1) is 0 Å². The average Bonchev–Trinajstić information content (AvgIpc) is 2.09. The van der Waals surface area contributed by atoms with Crippen molar-refractivity contribution in [2.75, 3.05) is 0 Å². The first kappa shape index (κ1) is 9.47. The van der Waals surface area contributed by atoms with Crippen LogP contribution in [0, 0.1) is 11.3 Å². The summed E-state index contributed by atoms with van der Waals surface area (Å²) in [5.74, 6) is 0.556. The molecular weight excluding hydrogens is 164 g/mol. The summed E-state index contributed by atoms with van der Waals surface area (Å²) in [6, 6.07) is 0. The zero-order valence-corrected chi connectivity index (χ0v) is 8.37. The quantitative estimate of drug-likeness (QED) is 0.601. The lowest BCUT2D eigenvalue weighted by Gasteiger charge is -2.49. The summed E-state index contributed by atoms with van der Waals surface area (Å²) in [4.78, 5) is 0. The van der Waals surface area contributed by atoms with Gasteiger partial charge in [-0.1, -0.05) is 13.3 Å². The summed E-state index contributed by atoms with van der Waals surface area (Å²) >= 11 is 0. The standard InChI is InChI=1S/C11H20O2/c1-11-6-5-9(12)7-8(11)3-2-4-10(11)13/h8-10,12-13H,2-7H2,1H3/t8-,9+,10-,11+/m0/s1. The van der Waals surface area contributed by atoms with Gasteiger partial charge in [-0.2, -0.15) is 0 Å². The van der Waals surface area contributed by atoms with Gasteiger partial charge >= 0.3 is 0 Å². The fraction of sp³-hybridized carbons (Fsp3) is 1.00. The lowest BCUT2D eigenvalue weighted by Crippen LogP contribution is -2.47. The molecule has 0 radical (unpaired) electrons. The van der Waals surface area contributed by atoms with Crippen molar-refractivity contribution in [3.63, 3.8) is 0 Å². The zero-order chi connectivity index (χ0) is 9.47. The van der Waals surface area contributed by atoms with Crippen LogP contribution in [0.5, 0.6) is 0 Å². The highest BCUT2D eigenvalue weighted by atomic mass is 16.3. The third kappa shape index (κ3) is 1.50. The average molecular weight is 184 g/mol. The third-order valence-corrected chi connectivity index (χ3v) is 4.30. The Morgan fingerprint density at radius 3 is 2.69 bits per heavy atom. The Morgan fingerprint density at radius 2 is 1.92 bits per heavy atom. The van der Waals surface area contributed by atoms with Crippen molar-refractivity contribution < 1.29 is 10.2 Å². The molecule has 2 N–H and O–H groups in total. The van der Waals surface area contributed by atoms with Crippen molar-refractivity contribution in [3.05, 3.63) is 0 Å². The van der Waals surface area contributed by atoms with E-state index < -0.39 is 0 Å². The third-order valence-electron chi connectivity index (χ3n) is 4.30. The molecule has 2 aliphatic rings. The minimum atomic E-state index is -0.126. The molecule has 0 amide bonds. The molecule has 0 aromatic rings. The molecule has 2 heteroatoms. The van der Waals surface area contributed by atoms with Gasteiger partial charge in [0.25, 0.3) is 0 Å². The molecule has 0 aromatic carbocycles. The number of aliphatic hydroxyl groups excluding tert-OH is 2. The van der Waals surface area contributed by atoms with E-state index in [0.717, 1.165) is 32.1 Å². The predicted molar refractivity (Wildman–Crippen MR) is 51.3 cm³/mol. The molecule has 0 saturated heterocycles. The highest BCUT2D eigenvalue weighted by molar-refractivity contribution is 4.96. The number of hydrogen-bond donors (Lipinski definition) is 2. The molecule has 0 spiro atoms. The van der Waals surface area contributed by atoms with Crippen molar-refractivity contribution in [1.29, 1.82) is 0 Å². The van der Waals surface area contributed by atoms with Crippen LogP contribution in [-0.2, 0) is 0 Å². The van der Waals surface area contributed by atoms with E-state index in [9.17, 15) is 10.2 Å². The zero-order valence-electron chi connectivity index (χ0n) is 8.37. The van der Waals surface area contributed by atoms with Gasteiger partial charge in [0.05, 0.1) is 12.2 Å². The number of hydrogen-bond acceptors (Lipinski definition) is 2. The van der Waals surface area contributed by atoms with E-state index in [0.29, 0.717) is 5.92 Å². The maximum atomic E-state index is 9.97. The summed E-state index contributed by atoms with van der Waals surface area (Å²) in [7, 11) is 0. The van der Waals surface area contributed by atoms with Crippen molar-refractivity contribution in [2.45, 2.75) is 57.7 Å². The highest BCUT2D eigenvalue weighted by Gasteiger charge is 2.46. The minimum Gasteiger partial charge on any atom is -0.393 e. The van der Waals surface area contributed by atoms with E-state index in [2.05, 4.69) is 6.92 Å². The van der Waals surface area contributed by atoms with Crippen LogP contribution < -0.4 is 0 Å². The molecular formula is C11H20O2. The Bertz CT molecular complexity index is 193. The van der Waals surface area contributed by atoms with Gasteiger partial charge in [-0.25, -0.2) is 0 Å². The largest absolute Gasteiger partial charge is 0.393 e. The van der Waals surface area contributed by atoms with E-state index in [1.807, 2.05) is 0 Å². The predicted octanol–water partition coefficient (Wildman–Crippen LogP) is 1.70. The molecule has 0 bridgehead atoms. The van der Waals surface area contributed by atoms with Crippen molar-refractivity contribution in [2.24, 2.45) is 11.3 Å². The lowest BCUT2D eigenvalue weighted by molar-refractivity contribution is -0.0912. The van der Waals surface area contributed by atoms with Gasteiger partial charge in [-0.3, -0.25) is 0 Å². The van der Waals surface area contributed by atoms with Crippen LogP contribution >= 0.6 is 0 Å². The van der Waals surface area contributed by atoms with Crippen molar-refractivity contribution >= 4 is 0 Å². The summed E-state index contributed by atoms with van der Waals surface area (Å²) in [6.45, 7) is 2.20. The molecule has 0 aromatic heterocycles. The lowest BCUT2D eigenvalue weighted by atomic mass is 9.58. The van der Waals surface area contributed by atoms with Crippen LogP contribution in [-0.4, -0.2) is 22.4 Å². The molecule has 4 atom stereocenters. The molecule has 2 aliphatic carbocycles. The van der Waals surface area contributed by atoms with E-state index in [1.54, 1.807) is 0 Å². The van der Waals surface area contributed by atoms with Gasteiger partial charge in [0.15, 0.2) is 0 Å². The van der Waals surface area contributed by atoms with Gasteiger partial charge < -0.3 is 10.2 Å². The van der Waals surface area contributed by atoms with E-state index in [-0.39, 0.29) is 17.6 Å². The van der Waals surface area contributed by atoms with Crippen molar-refractivity contribution in [1.82, 2.24) is 0 Å². The minimum absolute atomic E-state index is 0.108. The maximum absolute atomic E-state index is 9.97. The number of fused-ring (bicyclic) bond motifs is 1. The van der Waals surface area contributed by atoms with Crippen LogP contribution in [0.15, 0.2) is 0 Å². The summed E-state index contributed by atoms with van der Waals surface area (Å²) in [5.41, 5.74) is 0.109. The van der Waals surface area contributed by atoms with Gasteiger partial charge in [0.2, 0.25) is 0 Å². The molecule has 0 unspecified atom stereocenters. The van der Waals surface area contributed by atoms with Gasteiger partial charge in [0.1, 0.15) is 0 Å². The second-order valence-electron chi connectivity index (χ2n) is 5.08. The Balaban J connectivity index is 2.13. The van der Waals surface area contributed by atoms with E-state index in [4.69, 9.17) is 0 Å². The second kappa shape index (κ2) is 3.25. The Kier molecular flexibility index (Phi) is 2.37. The van der Waals surface area contributed by atoms with Gasteiger partial charge in [-0.05, 0) is 43.4 Å². The van der Waals surface area contributed by atoms with E-state index >= 15 is 0 Å². The molecule has 76 valence electrons. The SMILES string of the molecule is C[C@@]12CC[C@@H](O)C[C@@H]1CCC[C@@H]2O. The number of aliphatic hydroxyl groups is 2. The van der Waals surface area contributed by atoms with Crippen LogP contribution in [0.3, 0.4) is 0 Å². The Morgan fingerprint density at radius 1 is 1.15 bits per heavy atom. The molecule has 0 aliphatic heterocycles. The monoisotopic (exact) mass is 184 g/mol. The summed E-state index contributed by atoms with van der Waals surface area (Å²) in [5, 5.41) is 19.5. The fourth-order valence-electron chi connectivity index (χ4n) is 3.17. The Labute approximate surface area is 80.0 Å². The highest BCUT2D eigenvalue weighted by Crippen LogP contribution is 2.50. The topological polar surface area (TPSA) is 40.5 Å². The van der Waals surface area contributed by atoms with Crippen LogP contribution in [0.25, 0.3) is 0 Å².